The van der Waals surface area contributed by atoms with E-state index < -0.39 is 5.60 Å². The molecule has 1 aliphatic rings. The van der Waals surface area contributed by atoms with Crippen LogP contribution in [0, 0.1) is 11.8 Å². The minimum Gasteiger partial charge on any atom is -0.464 e. The maximum atomic E-state index is 13.2. The van der Waals surface area contributed by atoms with Crippen LogP contribution >= 0.6 is 0 Å². The molecule has 0 aliphatic carbocycles. The monoisotopic (exact) mass is 473 g/mol. The third-order valence-corrected chi connectivity index (χ3v) is 7.02. The number of piperidine rings is 1. The zero-order valence-electron chi connectivity index (χ0n) is 21.3. The maximum absolute atomic E-state index is 13.2. The van der Waals surface area contributed by atoms with Crippen LogP contribution in [0.5, 0.6) is 0 Å². The summed E-state index contributed by atoms with van der Waals surface area (Å²) in [5.41, 5.74) is 0.490. The topological polar surface area (TPSA) is 87.0 Å². The molecule has 1 saturated heterocycles. The van der Waals surface area contributed by atoms with Gasteiger partial charge >= 0.3 is 6.03 Å². The number of carbonyl (C=O) groups is 1. The van der Waals surface area contributed by atoms with Crippen LogP contribution < -0.4 is 10.6 Å². The van der Waals surface area contributed by atoms with Gasteiger partial charge in [-0.3, -0.25) is 0 Å². The van der Waals surface area contributed by atoms with E-state index in [4.69, 9.17) is 9.15 Å². The summed E-state index contributed by atoms with van der Waals surface area (Å²) >= 11 is 0. The first-order valence-electron chi connectivity index (χ1n) is 12.8. The number of rotatable bonds is 12. The standard InChI is InChI=1S/C27H43N3O4/c1-20(2)17-23(18-28-3)29-26(31)30-14-8-10-22(19-30)27(32,13-5-6-15-33-4)24-11-7-9-21-12-16-34-25(21)24/h7,9,11-12,16,20,22-23,28,32H,5-6,8,10,13-15,17-19H2,1-4H3,(H,29,31)/t22-,23?,27+/m1/s1. The number of fused-ring (bicyclic) bond motifs is 1. The van der Waals surface area contributed by atoms with Gasteiger partial charge in [-0.25, -0.2) is 4.79 Å². The van der Waals surface area contributed by atoms with E-state index in [2.05, 4.69) is 24.5 Å². The molecule has 34 heavy (non-hydrogen) atoms. The molecular formula is C27H43N3O4. The number of amides is 2. The molecule has 3 N–H and O–H groups in total. The van der Waals surface area contributed by atoms with E-state index in [1.807, 2.05) is 36.2 Å². The lowest BCUT2D eigenvalue weighted by molar-refractivity contribution is -0.0558. The number of unbranched alkanes of at least 4 members (excludes halogenated alkanes) is 1. The summed E-state index contributed by atoms with van der Waals surface area (Å²) in [5, 5.41) is 19.6. The van der Waals surface area contributed by atoms with E-state index >= 15 is 0 Å². The lowest BCUT2D eigenvalue weighted by atomic mass is 9.73. The fourth-order valence-electron chi connectivity index (χ4n) is 5.36. The molecule has 1 aromatic carbocycles. The van der Waals surface area contributed by atoms with Crippen molar-refractivity contribution in [1.29, 1.82) is 0 Å². The predicted octanol–water partition coefficient (Wildman–Crippen LogP) is 4.49. The molecule has 2 heterocycles. The molecule has 0 radical (unpaired) electrons. The Morgan fingerprint density at radius 3 is 2.88 bits per heavy atom. The Morgan fingerprint density at radius 1 is 1.32 bits per heavy atom. The number of aliphatic hydroxyl groups is 1. The van der Waals surface area contributed by atoms with Gasteiger partial charge in [0.05, 0.1) is 11.9 Å². The lowest BCUT2D eigenvalue weighted by Gasteiger charge is -2.43. The van der Waals surface area contributed by atoms with Crippen LogP contribution in [0.2, 0.25) is 0 Å². The van der Waals surface area contributed by atoms with E-state index in [1.54, 1.807) is 13.4 Å². The number of hydrogen-bond donors (Lipinski definition) is 3. The summed E-state index contributed by atoms with van der Waals surface area (Å²) in [6.45, 7) is 6.99. The summed E-state index contributed by atoms with van der Waals surface area (Å²) in [7, 11) is 3.61. The van der Waals surface area contributed by atoms with E-state index in [1.165, 1.54) is 0 Å². The zero-order chi connectivity index (χ0) is 24.6. The van der Waals surface area contributed by atoms with Crippen LogP contribution in [0.1, 0.15) is 57.9 Å². The molecule has 7 heteroatoms. The van der Waals surface area contributed by atoms with Gasteiger partial charge < -0.3 is 29.8 Å². The van der Waals surface area contributed by atoms with Crippen LogP contribution in [0.25, 0.3) is 11.0 Å². The summed E-state index contributed by atoms with van der Waals surface area (Å²) < 4.78 is 11.1. The van der Waals surface area contributed by atoms with Crippen LogP contribution in [-0.4, -0.2) is 62.5 Å². The number of ether oxygens (including phenoxy) is 1. The number of nitrogens with zero attached hydrogens (tertiary/aromatic N) is 1. The minimum atomic E-state index is -1.08. The Labute approximate surface area is 204 Å². The molecule has 0 bridgehead atoms. The van der Waals surface area contributed by atoms with E-state index in [9.17, 15) is 9.90 Å². The predicted molar refractivity (Wildman–Crippen MR) is 136 cm³/mol. The first-order chi connectivity index (χ1) is 16.4. The summed E-state index contributed by atoms with van der Waals surface area (Å²) in [6.07, 6.45) is 6.66. The molecule has 1 fully saturated rings. The van der Waals surface area contributed by atoms with Gasteiger partial charge in [0, 0.05) is 56.3 Å². The second kappa shape index (κ2) is 12.6. The number of furan rings is 1. The molecular weight excluding hydrogens is 430 g/mol. The summed E-state index contributed by atoms with van der Waals surface area (Å²) in [5.74, 6) is 0.428. The van der Waals surface area contributed by atoms with Gasteiger partial charge in [0.1, 0.15) is 5.58 Å². The number of hydrogen-bond acceptors (Lipinski definition) is 5. The first kappa shape index (κ1) is 26.5. The number of methoxy groups -OCH3 is 1. The molecule has 1 unspecified atom stereocenters. The summed E-state index contributed by atoms with van der Waals surface area (Å²) in [4.78, 5) is 15.1. The molecule has 1 aromatic heterocycles. The van der Waals surface area contributed by atoms with Crippen LogP contribution in [0.4, 0.5) is 4.79 Å². The Balaban J connectivity index is 1.80. The van der Waals surface area contributed by atoms with Gasteiger partial charge in [0.15, 0.2) is 0 Å². The number of carbonyl (C=O) groups excluding carboxylic acids is 1. The Bertz CT molecular complexity index is 899. The van der Waals surface area contributed by atoms with Crippen LogP contribution in [-0.2, 0) is 10.3 Å². The Kier molecular flexibility index (Phi) is 9.80. The van der Waals surface area contributed by atoms with Crippen molar-refractivity contribution in [1.82, 2.24) is 15.5 Å². The van der Waals surface area contributed by atoms with Crippen molar-refractivity contribution in [3.05, 3.63) is 36.1 Å². The van der Waals surface area contributed by atoms with Crippen molar-refractivity contribution < 1.29 is 19.1 Å². The highest BCUT2D eigenvalue weighted by molar-refractivity contribution is 5.81. The molecule has 2 amide bonds. The second-order valence-electron chi connectivity index (χ2n) is 10.1. The highest BCUT2D eigenvalue weighted by atomic mass is 16.5. The molecule has 1 aliphatic heterocycles. The second-order valence-corrected chi connectivity index (χ2v) is 10.1. The first-order valence-corrected chi connectivity index (χ1v) is 12.8. The quantitative estimate of drug-likeness (QED) is 0.395. The van der Waals surface area contributed by atoms with Gasteiger partial charge in [-0.1, -0.05) is 32.0 Å². The number of para-hydroxylation sites is 1. The van der Waals surface area contributed by atoms with Crippen LogP contribution in [0.15, 0.2) is 34.9 Å². The molecule has 0 saturated carbocycles. The van der Waals surface area contributed by atoms with Gasteiger partial charge in [0.2, 0.25) is 0 Å². The smallest absolute Gasteiger partial charge is 0.317 e. The van der Waals surface area contributed by atoms with E-state index in [-0.39, 0.29) is 18.0 Å². The van der Waals surface area contributed by atoms with Crippen LogP contribution in [0.3, 0.4) is 0 Å². The number of nitrogens with one attached hydrogen (secondary N) is 2. The van der Waals surface area contributed by atoms with Gasteiger partial charge in [-0.2, -0.15) is 0 Å². The molecule has 3 atom stereocenters. The average molecular weight is 474 g/mol. The molecule has 0 spiro atoms. The number of urea groups is 1. The van der Waals surface area contributed by atoms with Gasteiger partial charge in [-0.15, -0.1) is 0 Å². The minimum absolute atomic E-state index is 0.0384. The number of likely N-dealkylation sites (tertiary alicyclic amines) is 1. The fraction of sp³-hybridized carbons (Fsp3) is 0.667. The third kappa shape index (κ3) is 6.52. The average Bonchev–Trinajstić information content (AvgIpc) is 3.30. The molecule has 3 rings (SSSR count). The van der Waals surface area contributed by atoms with Gasteiger partial charge in [-0.05, 0) is 57.6 Å². The SMILES string of the molecule is CNCC(CC(C)C)NC(=O)N1CCC[C@@H]([C@@](O)(CCCCOC)c2cccc3ccoc23)C1. The van der Waals surface area contributed by atoms with Crippen molar-refractivity contribution >= 4 is 17.0 Å². The maximum Gasteiger partial charge on any atom is 0.317 e. The Hall–Kier alpha value is -2.09. The zero-order valence-corrected chi connectivity index (χ0v) is 21.3. The van der Waals surface area contributed by atoms with Gasteiger partial charge in [0.25, 0.3) is 0 Å². The molecule has 2 aromatic rings. The highest BCUT2D eigenvalue weighted by Gasteiger charge is 2.42. The van der Waals surface area contributed by atoms with Crippen molar-refractivity contribution in [3.8, 4) is 0 Å². The Morgan fingerprint density at radius 2 is 2.15 bits per heavy atom. The van der Waals surface area contributed by atoms with Crippen molar-refractivity contribution in [2.75, 3.05) is 40.4 Å². The number of benzene rings is 1. The molecule has 190 valence electrons. The number of likely N-dealkylation sites (N-methyl/N-ethyl adjacent to an activating group) is 1. The largest absolute Gasteiger partial charge is 0.464 e. The normalized spacial score (nSPS) is 19.4. The molecule has 7 nitrogen and oxygen atoms in total. The summed E-state index contributed by atoms with van der Waals surface area (Å²) in [6, 6.07) is 7.94. The lowest BCUT2D eigenvalue weighted by Crippen LogP contribution is -2.53. The highest BCUT2D eigenvalue weighted by Crippen LogP contribution is 2.42. The third-order valence-electron chi connectivity index (χ3n) is 7.02. The van der Waals surface area contributed by atoms with E-state index in [0.29, 0.717) is 32.0 Å². The van der Waals surface area contributed by atoms with E-state index in [0.717, 1.165) is 55.2 Å². The fourth-order valence-corrected chi connectivity index (χ4v) is 5.36. The van der Waals surface area contributed by atoms with Crippen molar-refractivity contribution in [3.63, 3.8) is 0 Å². The van der Waals surface area contributed by atoms with Crippen molar-refractivity contribution in [2.45, 2.75) is 64.0 Å². The van der Waals surface area contributed by atoms with Crippen molar-refractivity contribution in [2.24, 2.45) is 11.8 Å².